The van der Waals surface area contributed by atoms with E-state index in [1.807, 2.05) is 19.1 Å². The minimum atomic E-state index is 0.523. The van der Waals surface area contributed by atoms with Gasteiger partial charge in [0, 0.05) is 12.6 Å². The Morgan fingerprint density at radius 2 is 1.84 bits per heavy atom. The lowest BCUT2D eigenvalue weighted by molar-refractivity contribution is 0.355. The fraction of sp³-hybridized carbons (Fsp3) is 0.286. The van der Waals surface area contributed by atoms with Gasteiger partial charge >= 0.3 is 0 Å². The van der Waals surface area contributed by atoms with Crippen LogP contribution in [-0.4, -0.2) is 23.8 Å². The van der Waals surface area contributed by atoms with Gasteiger partial charge in [-0.1, -0.05) is 0 Å². The van der Waals surface area contributed by atoms with Gasteiger partial charge in [-0.05, 0) is 24.6 Å². The Balaban J connectivity index is 2.66. The lowest BCUT2D eigenvalue weighted by atomic mass is 10.0. The summed E-state index contributed by atoms with van der Waals surface area (Å²) in [7, 11) is 4.98. The summed E-state index contributed by atoms with van der Waals surface area (Å²) in [6.07, 6.45) is 1.63. The zero-order valence-corrected chi connectivity index (χ0v) is 11.4. The molecule has 5 nitrogen and oxygen atoms in total. The minimum Gasteiger partial charge on any atom is -0.493 e. The standard InChI is InChI=1S/C14H15N3O2/c1-9-5-12(18-3)13(19-4)6-10(9)14-11(7-15)17(2)8-16-14/h5-6,8H,1-4H3. The molecule has 0 aliphatic carbocycles. The van der Waals surface area contributed by atoms with E-state index < -0.39 is 0 Å². The van der Waals surface area contributed by atoms with Crippen molar-refractivity contribution in [2.24, 2.45) is 7.05 Å². The Morgan fingerprint density at radius 3 is 2.42 bits per heavy atom. The van der Waals surface area contributed by atoms with Crippen molar-refractivity contribution >= 4 is 0 Å². The predicted molar refractivity (Wildman–Crippen MR) is 71.2 cm³/mol. The highest BCUT2D eigenvalue weighted by Gasteiger charge is 2.16. The summed E-state index contributed by atoms with van der Waals surface area (Å²) in [6.45, 7) is 1.95. The molecule has 1 heterocycles. The van der Waals surface area contributed by atoms with E-state index in [2.05, 4.69) is 11.1 Å². The second-order valence-electron chi connectivity index (χ2n) is 4.19. The van der Waals surface area contributed by atoms with Gasteiger partial charge in [0.1, 0.15) is 17.5 Å². The quantitative estimate of drug-likeness (QED) is 0.846. The van der Waals surface area contributed by atoms with Crippen molar-refractivity contribution in [3.8, 4) is 28.8 Å². The summed E-state index contributed by atoms with van der Waals surface area (Å²) in [5, 5.41) is 9.20. The van der Waals surface area contributed by atoms with Crippen molar-refractivity contribution in [1.29, 1.82) is 5.26 Å². The van der Waals surface area contributed by atoms with E-state index in [0.29, 0.717) is 22.9 Å². The smallest absolute Gasteiger partial charge is 0.161 e. The van der Waals surface area contributed by atoms with Crippen molar-refractivity contribution in [3.63, 3.8) is 0 Å². The lowest BCUT2D eigenvalue weighted by Gasteiger charge is -2.11. The Labute approximate surface area is 112 Å². The average molecular weight is 257 g/mol. The first kappa shape index (κ1) is 13.0. The molecule has 0 bridgehead atoms. The van der Waals surface area contributed by atoms with Crippen LogP contribution in [0.1, 0.15) is 11.3 Å². The molecule has 0 fully saturated rings. The second kappa shape index (κ2) is 5.02. The van der Waals surface area contributed by atoms with Crippen molar-refractivity contribution in [2.45, 2.75) is 6.92 Å². The molecular weight excluding hydrogens is 242 g/mol. The number of nitrogens with zero attached hydrogens (tertiary/aromatic N) is 3. The lowest BCUT2D eigenvalue weighted by Crippen LogP contribution is -1.95. The van der Waals surface area contributed by atoms with Crippen molar-refractivity contribution < 1.29 is 9.47 Å². The molecule has 0 aliphatic rings. The number of ether oxygens (including phenoxy) is 2. The summed E-state index contributed by atoms with van der Waals surface area (Å²) >= 11 is 0. The zero-order chi connectivity index (χ0) is 14.0. The topological polar surface area (TPSA) is 60.1 Å². The molecule has 2 rings (SSSR count). The van der Waals surface area contributed by atoms with Crippen LogP contribution in [0.2, 0.25) is 0 Å². The number of aryl methyl sites for hydroxylation is 2. The number of imidazole rings is 1. The number of hydrogen-bond acceptors (Lipinski definition) is 4. The molecule has 5 heteroatoms. The molecule has 19 heavy (non-hydrogen) atoms. The first-order valence-electron chi connectivity index (χ1n) is 5.76. The molecule has 0 N–H and O–H groups in total. The van der Waals surface area contributed by atoms with Crippen molar-refractivity contribution in [3.05, 3.63) is 29.7 Å². The SMILES string of the molecule is COc1cc(C)c(-c2ncn(C)c2C#N)cc1OC. The second-order valence-corrected chi connectivity index (χ2v) is 4.19. The molecule has 0 unspecified atom stereocenters. The van der Waals surface area contributed by atoms with E-state index in [9.17, 15) is 5.26 Å². The van der Waals surface area contributed by atoms with Crippen LogP contribution in [0.15, 0.2) is 18.5 Å². The van der Waals surface area contributed by atoms with Gasteiger partial charge in [0.25, 0.3) is 0 Å². The van der Waals surface area contributed by atoms with Crippen LogP contribution in [0.25, 0.3) is 11.3 Å². The van der Waals surface area contributed by atoms with E-state index in [-0.39, 0.29) is 0 Å². The van der Waals surface area contributed by atoms with Crippen LogP contribution >= 0.6 is 0 Å². The maximum atomic E-state index is 9.20. The number of rotatable bonds is 3. The van der Waals surface area contributed by atoms with Crippen LogP contribution in [0.3, 0.4) is 0 Å². The third kappa shape index (κ3) is 2.13. The maximum absolute atomic E-state index is 9.20. The Hall–Kier alpha value is -2.48. The number of aromatic nitrogens is 2. The molecule has 1 aromatic heterocycles. The van der Waals surface area contributed by atoms with Crippen LogP contribution in [0.5, 0.6) is 11.5 Å². The molecule has 0 atom stereocenters. The van der Waals surface area contributed by atoms with Crippen LogP contribution in [0.4, 0.5) is 0 Å². The molecule has 2 aromatic rings. The van der Waals surface area contributed by atoms with Crippen molar-refractivity contribution in [1.82, 2.24) is 9.55 Å². The fourth-order valence-corrected chi connectivity index (χ4v) is 1.99. The Bertz CT molecular complexity index is 653. The molecule has 0 saturated carbocycles. The van der Waals surface area contributed by atoms with Gasteiger partial charge in [0.15, 0.2) is 11.5 Å². The molecule has 0 radical (unpaired) electrons. The monoisotopic (exact) mass is 257 g/mol. The third-order valence-electron chi connectivity index (χ3n) is 3.03. The molecule has 0 aliphatic heterocycles. The predicted octanol–water partition coefficient (Wildman–Crippen LogP) is 2.28. The van der Waals surface area contributed by atoms with Gasteiger partial charge in [-0.3, -0.25) is 0 Å². The number of nitriles is 1. The van der Waals surface area contributed by atoms with Gasteiger partial charge in [0.2, 0.25) is 0 Å². The average Bonchev–Trinajstić information content (AvgIpc) is 2.79. The fourth-order valence-electron chi connectivity index (χ4n) is 1.99. The van der Waals surface area contributed by atoms with Crippen LogP contribution < -0.4 is 9.47 Å². The highest BCUT2D eigenvalue weighted by Crippen LogP contribution is 2.35. The Morgan fingerprint density at radius 1 is 1.21 bits per heavy atom. The largest absolute Gasteiger partial charge is 0.493 e. The van der Waals surface area contributed by atoms with E-state index in [1.54, 1.807) is 32.2 Å². The first-order chi connectivity index (χ1) is 9.12. The van der Waals surface area contributed by atoms with Gasteiger partial charge in [-0.25, -0.2) is 4.98 Å². The maximum Gasteiger partial charge on any atom is 0.161 e. The molecule has 0 spiro atoms. The summed E-state index contributed by atoms with van der Waals surface area (Å²) < 4.78 is 12.2. The number of hydrogen-bond donors (Lipinski definition) is 0. The highest BCUT2D eigenvalue weighted by molar-refractivity contribution is 5.71. The molecule has 98 valence electrons. The van der Waals surface area contributed by atoms with E-state index in [1.165, 1.54) is 0 Å². The van der Waals surface area contributed by atoms with Crippen LogP contribution in [0, 0.1) is 18.3 Å². The van der Waals surface area contributed by atoms with E-state index in [4.69, 9.17) is 9.47 Å². The molecule has 0 saturated heterocycles. The zero-order valence-electron chi connectivity index (χ0n) is 11.4. The van der Waals surface area contributed by atoms with E-state index in [0.717, 1.165) is 11.1 Å². The summed E-state index contributed by atoms with van der Waals surface area (Å²) in [4.78, 5) is 4.29. The number of methoxy groups -OCH3 is 2. The summed E-state index contributed by atoms with van der Waals surface area (Å²) in [6, 6.07) is 5.89. The highest BCUT2D eigenvalue weighted by atomic mass is 16.5. The van der Waals surface area contributed by atoms with Gasteiger partial charge < -0.3 is 14.0 Å². The van der Waals surface area contributed by atoms with Gasteiger partial charge in [0.05, 0.1) is 20.5 Å². The summed E-state index contributed by atoms with van der Waals surface area (Å²) in [5.41, 5.74) is 3.03. The van der Waals surface area contributed by atoms with E-state index >= 15 is 0 Å². The normalized spacial score (nSPS) is 10.1. The van der Waals surface area contributed by atoms with Crippen LogP contribution in [-0.2, 0) is 7.05 Å². The molecule has 1 aromatic carbocycles. The van der Waals surface area contributed by atoms with Gasteiger partial charge in [-0.2, -0.15) is 5.26 Å². The van der Waals surface area contributed by atoms with Gasteiger partial charge in [-0.15, -0.1) is 0 Å². The third-order valence-corrected chi connectivity index (χ3v) is 3.03. The molecular formula is C14H15N3O2. The van der Waals surface area contributed by atoms with Crippen molar-refractivity contribution in [2.75, 3.05) is 14.2 Å². The minimum absolute atomic E-state index is 0.523. The molecule has 0 amide bonds. The Kier molecular flexibility index (Phi) is 3.43. The number of benzene rings is 1. The first-order valence-corrected chi connectivity index (χ1v) is 5.76. The summed E-state index contributed by atoms with van der Waals surface area (Å²) in [5.74, 6) is 1.29.